The van der Waals surface area contributed by atoms with Crippen LogP contribution >= 0.6 is 0 Å². The van der Waals surface area contributed by atoms with Crippen LogP contribution in [0.3, 0.4) is 0 Å². The standard InChI is InChI=1S/C25H28N4/c1-2-10-22-21(8-1)9-7-13-24(22)28-18-16-27(17-19-28)14-5-6-15-29-20-26-23-11-3-4-12-25(23)29/h1-4,7-13,20H,5-6,14-19H2. The average Bonchev–Trinajstić information content (AvgIpc) is 3.20. The first kappa shape index (κ1) is 18.2. The number of hydrogen-bond donors (Lipinski definition) is 0. The van der Waals surface area contributed by atoms with Gasteiger partial charge in [0, 0.05) is 43.8 Å². The zero-order chi connectivity index (χ0) is 19.5. The van der Waals surface area contributed by atoms with E-state index in [-0.39, 0.29) is 0 Å². The summed E-state index contributed by atoms with van der Waals surface area (Å²) in [6, 6.07) is 23.8. The van der Waals surface area contributed by atoms with Gasteiger partial charge in [0.1, 0.15) is 0 Å². The first-order valence-corrected chi connectivity index (χ1v) is 10.7. The Morgan fingerprint density at radius 3 is 2.41 bits per heavy atom. The summed E-state index contributed by atoms with van der Waals surface area (Å²) in [5.74, 6) is 0. The van der Waals surface area contributed by atoms with Crippen LogP contribution in [0.25, 0.3) is 21.8 Å². The second kappa shape index (κ2) is 8.26. The minimum Gasteiger partial charge on any atom is -0.368 e. The zero-order valence-corrected chi connectivity index (χ0v) is 16.9. The number of piperazine rings is 1. The maximum atomic E-state index is 4.49. The van der Waals surface area contributed by atoms with E-state index < -0.39 is 0 Å². The van der Waals surface area contributed by atoms with Crippen LogP contribution in [-0.2, 0) is 6.54 Å². The van der Waals surface area contributed by atoms with E-state index >= 15 is 0 Å². The van der Waals surface area contributed by atoms with Gasteiger partial charge >= 0.3 is 0 Å². The number of aromatic nitrogens is 2. The normalized spacial score (nSPS) is 15.4. The number of fused-ring (bicyclic) bond motifs is 2. The van der Waals surface area contributed by atoms with Crippen molar-refractivity contribution in [2.24, 2.45) is 0 Å². The average molecular weight is 385 g/mol. The van der Waals surface area contributed by atoms with E-state index in [1.54, 1.807) is 0 Å². The fraction of sp³-hybridized carbons (Fsp3) is 0.320. The van der Waals surface area contributed by atoms with E-state index in [4.69, 9.17) is 0 Å². The van der Waals surface area contributed by atoms with Crippen molar-refractivity contribution >= 4 is 27.5 Å². The Labute approximate surface area is 172 Å². The Morgan fingerprint density at radius 1 is 0.724 bits per heavy atom. The minimum atomic E-state index is 1.05. The molecule has 1 aliphatic heterocycles. The van der Waals surface area contributed by atoms with E-state index in [1.165, 1.54) is 41.4 Å². The van der Waals surface area contributed by atoms with Gasteiger partial charge in [-0.3, -0.25) is 4.90 Å². The molecule has 0 radical (unpaired) electrons. The van der Waals surface area contributed by atoms with Crippen molar-refractivity contribution in [3.05, 3.63) is 73.1 Å². The lowest BCUT2D eigenvalue weighted by Crippen LogP contribution is -2.46. The molecule has 0 bridgehead atoms. The molecule has 0 unspecified atom stereocenters. The van der Waals surface area contributed by atoms with Crippen molar-refractivity contribution in [1.82, 2.24) is 14.5 Å². The van der Waals surface area contributed by atoms with Crippen LogP contribution in [0, 0.1) is 0 Å². The van der Waals surface area contributed by atoms with E-state index in [0.29, 0.717) is 0 Å². The molecule has 4 aromatic rings. The lowest BCUT2D eigenvalue weighted by atomic mass is 10.1. The SMILES string of the molecule is c1ccc2c(N3CCN(CCCCn4cnc5ccccc54)CC3)cccc2c1. The molecular formula is C25H28N4. The topological polar surface area (TPSA) is 24.3 Å². The highest BCUT2D eigenvalue weighted by Gasteiger charge is 2.18. The van der Waals surface area contributed by atoms with Crippen LogP contribution < -0.4 is 4.90 Å². The van der Waals surface area contributed by atoms with Gasteiger partial charge in [0.15, 0.2) is 0 Å². The van der Waals surface area contributed by atoms with Gasteiger partial charge in [-0.15, -0.1) is 0 Å². The molecule has 0 saturated carbocycles. The Balaban J connectivity index is 1.12. The Morgan fingerprint density at radius 2 is 1.48 bits per heavy atom. The largest absolute Gasteiger partial charge is 0.368 e. The predicted octanol–water partition coefficient (Wildman–Crippen LogP) is 4.79. The van der Waals surface area contributed by atoms with Crippen molar-refractivity contribution in [1.29, 1.82) is 0 Å². The fourth-order valence-corrected chi connectivity index (χ4v) is 4.50. The van der Waals surface area contributed by atoms with E-state index in [0.717, 1.165) is 38.2 Å². The summed E-state index contributed by atoms with van der Waals surface area (Å²) < 4.78 is 2.29. The molecule has 148 valence electrons. The molecule has 1 aliphatic rings. The number of imidazole rings is 1. The molecule has 1 fully saturated rings. The maximum Gasteiger partial charge on any atom is 0.0958 e. The number of nitrogens with zero attached hydrogens (tertiary/aromatic N) is 4. The number of aryl methyl sites for hydroxylation is 1. The summed E-state index contributed by atoms with van der Waals surface area (Å²) in [6.07, 6.45) is 4.41. The quantitative estimate of drug-likeness (QED) is 0.447. The molecule has 0 spiro atoms. The molecule has 0 aliphatic carbocycles. The molecular weight excluding hydrogens is 356 g/mol. The highest BCUT2D eigenvalue weighted by Crippen LogP contribution is 2.27. The third-order valence-corrected chi connectivity index (χ3v) is 6.13. The highest BCUT2D eigenvalue weighted by atomic mass is 15.3. The molecule has 29 heavy (non-hydrogen) atoms. The van der Waals surface area contributed by atoms with Crippen LogP contribution in [0.2, 0.25) is 0 Å². The zero-order valence-electron chi connectivity index (χ0n) is 16.9. The summed E-state index contributed by atoms with van der Waals surface area (Å²) in [7, 11) is 0. The van der Waals surface area contributed by atoms with Gasteiger partial charge in [-0.2, -0.15) is 0 Å². The molecule has 0 amide bonds. The third kappa shape index (κ3) is 3.85. The molecule has 1 saturated heterocycles. The van der Waals surface area contributed by atoms with Crippen LogP contribution in [0.4, 0.5) is 5.69 Å². The number of unbranched alkanes of at least 4 members (excludes halogenated alkanes) is 1. The summed E-state index contributed by atoms with van der Waals surface area (Å²) in [4.78, 5) is 9.66. The first-order chi connectivity index (χ1) is 14.4. The van der Waals surface area contributed by atoms with Gasteiger partial charge in [0.2, 0.25) is 0 Å². The van der Waals surface area contributed by atoms with Crippen molar-refractivity contribution in [2.75, 3.05) is 37.6 Å². The van der Waals surface area contributed by atoms with Crippen molar-refractivity contribution in [3.63, 3.8) is 0 Å². The Hall–Kier alpha value is -2.85. The lowest BCUT2D eigenvalue weighted by molar-refractivity contribution is 0.251. The van der Waals surface area contributed by atoms with Gasteiger partial charge in [-0.05, 0) is 43.0 Å². The summed E-state index contributed by atoms with van der Waals surface area (Å²) >= 11 is 0. The predicted molar refractivity (Wildman–Crippen MR) is 122 cm³/mol. The number of benzene rings is 3. The van der Waals surface area contributed by atoms with Crippen molar-refractivity contribution in [2.45, 2.75) is 19.4 Å². The third-order valence-electron chi connectivity index (χ3n) is 6.13. The van der Waals surface area contributed by atoms with Crippen molar-refractivity contribution in [3.8, 4) is 0 Å². The molecule has 1 aromatic heterocycles. The van der Waals surface area contributed by atoms with E-state index in [9.17, 15) is 0 Å². The molecule has 2 heterocycles. The molecule has 5 rings (SSSR count). The molecule has 4 nitrogen and oxygen atoms in total. The van der Waals surface area contributed by atoms with Gasteiger partial charge in [-0.1, -0.05) is 48.5 Å². The van der Waals surface area contributed by atoms with Gasteiger partial charge in [0.25, 0.3) is 0 Å². The monoisotopic (exact) mass is 384 g/mol. The summed E-state index contributed by atoms with van der Waals surface area (Å²) in [5.41, 5.74) is 3.72. The van der Waals surface area contributed by atoms with E-state index in [1.807, 2.05) is 6.33 Å². The van der Waals surface area contributed by atoms with Gasteiger partial charge in [-0.25, -0.2) is 4.98 Å². The number of hydrogen-bond acceptors (Lipinski definition) is 3. The second-order valence-electron chi connectivity index (χ2n) is 7.96. The smallest absolute Gasteiger partial charge is 0.0958 e. The first-order valence-electron chi connectivity index (χ1n) is 10.7. The second-order valence-corrected chi connectivity index (χ2v) is 7.96. The van der Waals surface area contributed by atoms with Gasteiger partial charge in [0.05, 0.1) is 17.4 Å². The minimum absolute atomic E-state index is 1.05. The van der Waals surface area contributed by atoms with Crippen LogP contribution in [0.1, 0.15) is 12.8 Å². The summed E-state index contributed by atoms with van der Waals surface area (Å²) in [5, 5.41) is 2.70. The number of para-hydroxylation sites is 2. The number of anilines is 1. The van der Waals surface area contributed by atoms with Gasteiger partial charge < -0.3 is 9.47 Å². The fourth-order valence-electron chi connectivity index (χ4n) is 4.50. The van der Waals surface area contributed by atoms with Crippen LogP contribution in [0.15, 0.2) is 73.1 Å². The summed E-state index contributed by atoms with van der Waals surface area (Å²) in [6.45, 7) is 6.77. The Bertz CT molecular complexity index is 1090. The molecule has 3 aromatic carbocycles. The Kier molecular flexibility index (Phi) is 5.18. The molecule has 4 heteroatoms. The lowest BCUT2D eigenvalue weighted by Gasteiger charge is -2.36. The number of rotatable bonds is 6. The maximum absolute atomic E-state index is 4.49. The molecule has 0 atom stereocenters. The van der Waals surface area contributed by atoms with Crippen LogP contribution in [0.5, 0.6) is 0 Å². The van der Waals surface area contributed by atoms with Crippen molar-refractivity contribution < 1.29 is 0 Å². The van der Waals surface area contributed by atoms with Crippen LogP contribution in [-0.4, -0.2) is 47.2 Å². The highest BCUT2D eigenvalue weighted by molar-refractivity contribution is 5.94. The molecule has 0 N–H and O–H groups in total. The van der Waals surface area contributed by atoms with E-state index in [2.05, 4.69) is 86.1 Å².